The molecule has 2 heterocycles. The Balaban J connectivity index is 1.43. The minimum absolute atomic E-state index is 0.325. The molecule has 0 aromatic rings. The molecule has 5 heteroatoms. The van der Waals surface area contributed by atoms with Gasteiger partial charge in [0, 0.05) is 58.4 Å². The van der Waals surface area contributed by atoms with Crippen molar-refractivity contribution in [1.82, 2.24) is 20.0 Å². The highest BCUT2D eigenvalue weighted by Gasteiger charge is 2.31. The van der Waals surface area contributed by atoms with Gasteiger partial charge in [0.2, 0.25) is 5.91 Å². The van der Waals surface area contributed by atoms with Crippen molar-refractivity contribution in [2.24, 2.45) is 5.92 Å². The van der Waals surface area contributed by atoms with Crippen LogP contribution in [0.1, 0.15) is 39.0 Å². The first kappa shape index (κ1) is 17.2. The Labute approximate surface area is 141 Å². The number of carbonyl (C=O) groups is 1. The molecule has 23 heavy (non-hydrogen) atoms. The maximum absolute atomic E-state index is 12.6. The molecule has 1 atom stereocenters. The zero-order valence-electron chi connectivity index (χ0n) is 15.0. The van der Waals surface area contributed by atoms with E-state index >= 15 is 0 Å². The zero-order chi connectivity index (χ0) is 16.2. The number of likely N-dealkylation sites (N-methyl/N-ethyl adjacent to an activating group) is 1. The van der Waals surface area contributed by atoms with E-state index in [1.165, 1.54) is 32.1 Å². The van der Waals surface area contributed by atoms with E-state index in [9.17, 15) is 4.79 Å². The van der Waals surface area contributed by atoms with Gasteiger partial charge in [-0.2, -0.15) is 0 Å². The van der Waals surface area contributed by atoms with Gasteiger partial charge in [-0.05, 0) is 38.0 Å². The summed E-state index contributed by atoms with van der Waals surface area (Å²) in [5, 5.41) is 3.42. The molecule has 0 spiro atoms. The van der Waals surface area contributed by atoms with Crippen molar-refractivity contribution < 1.29 is 4.79 Å². The van der Waals surface area contributed by atoms with Crippen LogP contribution in [0.4, 0.5) is 0 Å². The Kier molecular flexibility index (Phi) is 5.94. The Hall–Kier alpha value is -0.650. The number of rotatable bonds is 4. The Morgan fingerprint density at radius 3 is 2.48 bits per heavy atom. The number of carbonyl (C=O) groups excluding carboxylic acids is 1. The second kappa shape index (κ2) is 7.95. The highest BCUT2D eigenvalue weighted by molar-refractivity contribution is 5.78. The van der Waals surface area contributed by atoms with Crippen LogP contribution in [0.5, 0.6) is 0 Å². The molecule has 1 amide bonds. The summed E-state index contributed by atoms with van der Waals surface area (Å²) >= 11 is 0. The Morgan fingerprint density at radius 2 is 1.78 bits per heavy atom. The molecule has 0 aromatic heterocycles. The lowest BCUT2D eigenvalue weighted by Gasteiger charge is -2.35. The van der Waals surface area contributed by atoms with Crippen LogP contribution in [-0.4, -0.2) is 85.6 Å². The predicted octanol–water partition coefficient (Wildman–Crippen LogP) is 1.00. The van der Waals surface area contributed by atoms with Crippen molar-refractivity contribution >= 4 is 5.91 Å². The molecular weight excluding hydrogens is 288 g/mol. The van der Waals surface area contributed by atoms with Gasteiger partial charge in [-0.3, -0.25) is 14.6 Å². The highest BCUT2D eigenvalue weighted by Crippen LogP contribution is 2.26. The van der Waals surface area contributed by atoms with E-state index in [0.29, 0.717) is 24.5 Å². The third-order valence-corrected chi connectivity index (χ3v) is 6.20. The number of nitrogens with zero attached hydrogens (tertiary/aromatic N) is 3. The van der Waals surface area contributed by atoms with E-state index in [0.717, 1.165) is 45.2 Å². The van der Waals surface area contributed by atoms with Crippen LogP contribution < -0.4 is 5.32 Å². The van der Waals surface area contributed by atoms with Gasteiger partial charge in [-0.25, -0.2) is 0 Å². The molecule has 5 nitrogen and oxygen atoms in total. The molecular formula is C18H34N4O. The maximum atomic E-state index is 12.6. The van der Waals surface area contributed by atoms with Crippen LogP contribution >= 0.6 is 0 Å². The molecule has 2 saturated heterocycles. The van der Waals surface area contributed by atoms with Gasteiger partial charge in [0.05, 0.1) is 6.54 Å². The number of nitrogens with one attached hydrogen (secondary N) is 1. The first-order chi connectivity index (χ1) is 11.1. The second-order valence-electron chi connectivity index (χ2n) is 7.88. The molecule has 132 valence electrons. The van der Waals surface area contributed by atoms with Crippen molar-refractivity contribution in [3.63, 3.8) is 0 Å². The monoisotopic (exact) mass is 322 g/mol. The molecule has 3 fully saturated rings. The SMILES string of the molecule is CC1CCC(N(C)C(=O)CN2CCC(N3CCNCC3)C2)CC1. The van der Waals surface area contributed by atoms with Gasteiger partial charge in [0.1, 0.15) is 0 Å². The third-order valence-electron chi connectivity index (χ3n) is 6.20. The molecule has 1 unspecified atom stereocenters. The lowest BCUT2D eigenvalue weighted by Crippen LogP contribution is -2.49. The predicted molar refractivity (Wildman–Crippen MR) is 93.5 cm³/mol. The van der Waals surface area contributed by atoms with E-state index in [-0.39, 0.29) is 0 Å². The van der Waals surface area contributed by atoms with E-state index in [1.54, 1.807) is 0 Å². The molecule has 1 saturated carbocycles. The number of likely N-dealkylation sites (tertiary alicyclic amines) is 1. The van der Waals surface area contributed by atoms with Crippen molar-refractivity contribution in [1.29, 1.82) is 0 Å². The average Bonchev–Trinajstić information content (AvgIpc) is 3.04. The summed E-state index contributed by atoms with van der Waals surface area (Å²) in [5.74, 6) is 1.17. The molecule has 0 bridgehead atoms. The molecule has 0 radical (unpaired) electrons. The van der Waals surface area contributed by atoms with E-state index < -0.39 is 0 Å². The van der Waals surface area contributed by atoms with Gasteiger partial charge < -0.3 is 10.2 Å². The lowest BCUT2D eigenvalue weighted by atomic mass is 9.87. The standard InChI is InChI=1S/C18H34N4O/c1-15-3-5-16(6-4-15)20(2)18(23)14-21-10-7-17(13-21)22-11-8-19-9-12-22/h15-17,19H,3-14H2,1-2H3. The first-order valence-electron chi connectivity index (χ1n) is 9.56. The largest absolute Gasteiger partial charge is 0.342 e. The lowest BCUT2D eigenvalue weighted by molar-refractivity contribution is -0.133. The normalized spacial score (nSPS) is 33.7. The second-order valence-corrected chi connectivity index (χ2v) is 7.88. The fourth-order valence-electron chi connectivity index (χ4n) is 4.44. The van der Waals surface area contributed by atoms with Crippen LogP contribution in [0.3, 0.4) is 0 Å². The number of hydrogen-bond donors (Lipinski definition) is 1. The van der Waals surface area contributed by atoms with Gasteiger partial charge in [-0.1, -0.05) is 6.92 Å². The van der Waals surface area contributed by atoms with Crippen molar-refractivity contribution in [3.05, 3.63) is 0 Å². The summed E-state index contributed by atoms with van der Waals surface area (Å²) in [6.07, 6.45) is 6.14. The van der Waals surface area contributed by atoms with Gasteiger partial charge in [-0.15, -0.1) is 0 Å². The molecule has 1 aliphatic carbocycles. The van der Waals surface area contributed by atoms with E-state index in [2.05, 4.69) is 22.0 Å². The highest BCUT2D eigenvalue weighted by atomic mass is 16.2. The Morgan fingerprint density at radius 1 is 1.09 bits per heavy atom. The van der Waals surface area contributed by atoms with Gasteiger partial charge in [0.25, 0.3) is 0 Å². The first-order valence-corrected chi connectivity index (χ1v) is 9.56. The molecule has 3 aliphatic rings. The minimum Gasteiger partial charge on any atom is -0.342 e. The van der Waals surface area contributed by atoms with Gasteiger partial charge in [0.15, 0.2) is 0 Å². The molecule has 1 N–H and O–H groups in total. The van der Waals surface area contributed by atoms with Crippen LogP contribution in [0, 0.1) is 5.92 Å². The summed E-state index contributed by atoms with van der Waals surface area (Å²) < 4.78 is 0. The smallest absolute Gasteiger partial charge is 0.236 e. The molecule has 3 rings (SSSR count). The topological polar surface area (TPSA) is 38.8 Å². The number of piperazine rings is 1. The summed E-state index contributed by atoms with van der Waals surface area (Å²) in [6.45, 7) is 9.64. The van der Waals surface area contributed by atoms with E-state index in [4.69, 9.17) is 0 Å². The quantitative estimate of drug-likeness (QED) is 0.838. The maximum Gasteiger partial charge on any atom is 0.236 e. The van der Waals surface area contributed by atoms with Crippen LogP contribution in [0.2, 0.25) is 0 Å². The summed E-state index contributed by atoms with van der Waals surface area (Å²) in [5.41, 5.74) is 0. The number of hydrogen-bond acceptors (Lipinski definition) is 4. The molecule has 2 aliphatic heterocycles. The third kappa shape index (κ3) is 4.46. The van der Waals surface area contributed by atoms with Crippen molar-refractivity contribution in [3.8, 4) is 0 Å². The van der Waals surface area contributed by atoms with Gasteiger partial charge >= 0.3 is 0 Å². The summed E-state index contributed by atoms with van der Waals surface area (Å²) in [4.78, 5) is 19.6. The zero-order valence-corrected chi connectivity index (χ0v) is 15.0. The Bertz CT molecular complexity index is 388. The fraction of sp³-hybridized carbons (Fsp3) is 0.944. The summed E-state index contributed by atoms with van der Waals surface area (Å²) in [6, 6.07) is 1.14. The summed E-state index contributed by atoms with van der Waals surface area (Å²) in [7, 11) is 2.02. The van der Waals surface area contributed by atoms with Crippen LogP contribution in [-0.2, 0) is 4.79 Å². The van der Waals surface area contributed by atoms with Crippen molar-refractivity contribution in [2.75, 3.05) is 52.9 Å². The van der Waals surface area contributed by atoms with E-state index in [1.807, 2.05) is 11.9 Å². The fourth-order valence-corrected chi connectivity index (χ4v) is 4.44. The minimum atomic E-state index is 0.325. The molecule has 0 aromatic carbocycles. The average molecular weight is 322 g/mol. The van der Waals surface area contributed by atoms with Crippen LogP contribution in [0.15, 0.2) is 0 Å². The van der Waals surface area contributed by atoms with Crippen LogP contribution in [0.25, 0.3) is 0 Å². The van der Waals surface area contributed by atoms with Crippen molar-refractivity contribution in [2.45, 2.75) is 51.1 Å². The number of amides is 1.